The molecule has 0 spiro atoms. The van der Waals surface area contributed by atoms with Gasteiger partial charge in [-0.15, -0.1) is 0 Å². The third-order valence-corrected chi connectivity index (χ3v) is 5.13. The van der Waals surface area contributed by atoms with Gasteiger partial charge in [0.1, 0.15) is 5.82 Å². The lowest BCUT2D eigenvalue weighted by molar-refractivity contribution is 0.425. The van der Waals surface area contributed by atoms with E-state index in [1.165, 1.54) is 23.9 Å². The number of hydrogen-bond acceptors (Lipinski definition) is 6. The minimum atomic E-state index is -0.326. The third-order valence-electron chi connectivity index (χ3n) is 4.18. The number of rotatable bonds is 5. The fraction of sp³-hybridized carbons (Fsp3) is 0.200. The van der Waals surface area contributed by atoms with Crippen molar-refractivity contribution in [2.45, 2.75) is 30.8 Å². The Labute approximate surface area is 164 Å². The van der Waals surface area contributed by atoms with E-state index in [0.29, 0.717) is 39.1 Å². The molecule has 0 saturated carbocycles. The lowest BCUT2D eigenvalue weighted by Crippen LogP contribution is -2.25. The van der Waals surface area contributed by atoms with E-state index >= 15 is 0 Å². The van der Waals surface area contributed by atoms with Gasteiger partial charge in [0.15, 0.2) is 11.0 Å². The first-order valence-corrected chi connectivity index (χ1v) is 9.74. The van der Waals surface area contributed by atoms with Crippen molar-refractivity contribution in [3.05, 3.63) is 70.5 Å². The second kappa shape index (κ2) is 7.55. The summed E-state index contributed by atoms with van der Waals surface area (Å²) >= 11 is 1.38. The van der Waals surface area contributed by atoms with E-state index in [2.05, 4.69) is 15.1 Å². The highest BCUT2D eigenvalue weighted by atomic mass is 32.2. The summed E-state index contributed by atoms with van der Waals surface area (Å²) in [6, 6.07) is 13.1. The van der Waals surface area contributed by atoms with Gasteiger partial charge >= 0.3 is 0 Å². The van der Waals surface area contributed by atoms with Gasteiger partial charge < -0.3 is 4.52 Å². The maximum atomic E-state index is 13.1. The van der Waals surface area contributed by atoms with Gasteiger partial charge in [-0.3, -0.25) is 9.36 Å². The van der Waals surface area contributed by atoms with Gasteiger partial charge in [0.25, 0.3) is 11.4 Å². The molecule has 0 bridgehead atoms. The third kappa shape index (κ3) is 3.55. The van der Waals surface area contributed by atoms with Crippen LogP contribution in [0.15, 0.2) is 63.0 Å². The molecule has 8 heteroatoms. The Bertz CT molecular complexity index is 1190. The highest BCUT2D eigenvalue weighted by Gasteiger charge is 2.16. The van der Waals surface area contributed by atoms with Crippen molar-refractivity contribution in [2.24, 2.45) is 0 Å². The maximum absolute atomic E-state index is 13.1. The predicted octanol–water partition coefficient (Wildman–Crippen LogP) is 4.46. The molecule has 6 nitrogen and oxygen atoms in total. The normalized spacial score (nSPS) is 11.4. The highest BCUT2D eigenvalue weighted by molar-refractivity contribution is 7.98. The number of nitrogens with zero attached hydrogens (tertiary/aromatic N) is 4. The zero-order valence-electron chi connectivity index (χ0n) is 15.3. The second-order valence-electron chi connectivity index (χ2n) is 6.49. The number of hydrogen-bond donors (Lipinski definition) is 0. The maximum Gasteiger partial charge on any atom is 0.262 e. The summed E-state index contributed by atoms with van der Waals surface area (Å²) in [5, 5.41) is 5.17. The van der Waals surface area contributed by atoms with E-state index in [1.807, 2.05) is 32.0 Å². The van der Waals surface area contributed by atoms with Crippen molar-refractivity contribution in [2.75, 3.05) is 0 Å². The molecule has 142 valence electrons. The number of halogens is 1. The van der Waals surface area contributed by atoms with E-state index in [9.17, 15) is 9.18 Å². The Kier molecular flexibility index (Phi) is 4.95. The Morgan fingerprint density at radius 2 is 1.86 bits per heavy atom. The summed E-state index contributed by atoms with van der Waals surface area (Å²) in [5.41, 5.74) is 1.24. The minimum absolute atomic E-state index is 0.0350. The molecule has 0 aliphatic rings. The number of para-hydroxylation sites is 1. The SMILES string of the molecule is CC(C)n1c(SCc2noc(-c3ccc(F)cc3)n2)nc2ccccc2c1=O. The van der Waals surface area contributed by atoms with Crippen molar-refractivity contribution in [3.8, 4) is 11.5 Å². The van der Waals surface area contributed by atoms with Crippen molar-refractivity contribution >= 4 is 22.7 Å². The Hall–Kier alpha value is -3.00. The zero-order valence-corrected chi connectivity index (χ0v) is 16.1. The summed E-state index contributed by atoms with van der Waals surface area (Å²) in [5.74, 6) is 0.862. The van der Waals surface area contributed by atoms with E-state index in [-0.39, 0.29) is 17.4 Å². The van der Waals surface area contributed by atoms with Crippen LogP contribution >= 0.6 is 11.8 Å². The van der Waals surface area contributed by atoms with Crippen LogP contribution in [0.3, 0.4) is 0 Å². The molecule has 0 fully saturated rings. The smallest absolute Gasteiger partial charge is 0.262 e. The minimum Gasteiger partial charge on any atom is -0.334 e. The van der Waals surface area contributed by atoms with Crippen molar-refractivity contribution < 1.29 is 8.91 Å². The standard InChI is InChI=1S/C20H17FN4O2S/c1-12(2)25-19(26)15-5-3-4-6-16(15)22-20(25)28-11-17-23-18(27-24-17)13-7-9-14(21)10-8-13/h3-10,12H,11H2,1-2H3. The lowest BCUT2D eigenvalue weighted by Gasteiger charge is -2.15. The van der Waals surface area contributed by atoms with E-state index in [4.69, 9.17) is 4.52 Å². The Morgan fingerprint density at radius 3 is 2.61 bits per heavy atom. The monoisotopic (exact) mass is 396 g/mol. The Morgan fingerprint density at radius 1 is 1.11 bits per heavy atom. The molecular weight excluding hydrogens is 379 g/mol. The van der Waals surface area contributed by atoms with E-state index < -0.39 is 0 Å². The number of benzene rings is 2. The molecule has 4 rings (SSSR count). The second-order valence-corrected chi connectivity index (χ2v) is 7.43. The summed E-state index contributed by atoms with van der Waals surface area (Å²) in [4.78, 5) is 21.8. The molecular formula is C20H17FN4O2S. The van der Waals surface area contributed by atoms with Crippen molar-refractivity contribution in [1.29, 1.82) is 0 Å². The lowest BCUT2D eigenvalue weighted by atomic mass is 10.2. The first-order chi connectivity index (χ1) is 13.5. The van der Waals surface area contributed by atoms with Gasteiger partial charge in [-0.25, -0.2) is 9.37 Å². The molecule has 0 amide bonds. The van der Waals surface area contributed by atoms with Gasteiger partial charge in [-0.2, -0.15) is 4.98 Å². The largest absolute Gasteiger partial charge is 0.334 e. The van der Waals surface area contributed by atoms with Crippen LogP contribution < -0.4 is 5.56 Å². The van der Waals surface area contributed by atoms with Crippen LogP contribution in [0.1, 0.15) is 25.7 Å². The molecule has 0 N–H and O–H groups in total. The summed E-state index contributed by atoms with van der Waals surface area (Å²) in [6.07, 6.45) is 0. The Balaban J connectivity index is 1.62. The van der Waals surface area contributed by atoms with Crippen LogP contribution in [0.25, 0.3) is 22.4 Å². The molecule has 0 aliphatic heterocycles. The quantitative estimate of drug-likeness (QED) is 0.366. The van der Waals surface area contributed by atoms with Crippen LogP contribution in [0.4, 0.5) is 4.39 Å². The van der Waals surface area contributed by atoms with E-state index in [1.54, 1.807) is 22.8 Å². The molecule has 2 heterocycles. The van der Waals surface area contributed by atoms with Gasteiger partial charge in [0.2, 0.25) is 0 Å². The number of thioether (sulfide) groups is 1. The fourth-order valence-electron chi connectivity index (χ4n) is 2.83. The molecule has 0 unspecified atom stereocenters. The van der Waals surface area contributed by atoms with Crippen LogP contribution in [-0.2, 0) is 5.75 Å². The average Bonchev–Trinajstić information content (AvgIpc) is 3.16. The molecule has 0 saturated heterocycles. The topological polar surface area (TPSA) is 73.8 Å². The first-order valence-electron chi connectivity index (χ1n) is 8.75. The van der Waals surface area contributed by atoms with Crippen molar-refractivity contribution in [3.63, 3.8) is 0 Å². The van der Waals surface area contributed by atoms with Gasteiger partial charge in [0, 0.05) is 11.6 Å². The summed E-state index contributed by atoms with van der Waals surface area (Å²) in [6.45, 7) is 3.89. The molecule has 0 atom stereocenters. The molecule has 28 heavy (non-hydrogen) atoms. The van der Waals surface area contributed by atoms with Crippen LogP contribution in [0.2, 0.25) is 0 Å². The van der Waals surface area contributed by atoms with Gasteiger partial charge in [-0.05, 0) is 50.2 Å². The number of aromatic nitrogens is 4. The van der Waals surface area contributed by atoms with Gasteiger partial charge in [0.05, 0.1) is 16.7 Å². The molecule has 0 aliphatic carbocycles. The molecule has 4 aromatic rings. The predicted molar refractivity (Wildman–Crippen MR) is 106 cm³/mol. The van der Waals surface area contributed by atoms with Crippen molar-refractivity contribution in [1.82, 2.24) is 19.7 Å². The van der Waals surface area contributed by atoms with Crippen LogP contribution in [0, 0.1) is 5.82 Å². The first kappa shape index (κ1) is 18.4. The highest BCUT2D eigenvalue weighted by Crippen LogP contribution is 2.25. The van der Waals surface area contributed by atoms with Gasteiger partial charge in [-0.1, -0.05) is 29.1 Å². The number of fused-ring (bicyclic) bond motifs is 1. The fourth-order valence-corrected chi connectivity index (χ4v) is 3.81. The molecule has 2 aromatic carbocycles. The van der Waals surface area contributed by atoms with Crippen LogP contribution in [0.5, 0.6) is 0 Å². The summed E-state index contributed by atoms with van der Waals surface area (Å²) < 4.78 is 20.0. The van der Waals surface area contributed by atoms with E-state index in [0.717, 1.165) is 0 Å². The molecule has 0 radical (unpaired) electrons. The summed E-state index contributed by atoms with van der Waals surface area (Å²) in [7, 11) is 0. The molecule has 2 aromatic heterocycles. The van der Waals surface area contributed by atoms with Crippen LogP contribution in [-0.4, -0.2) is 19.7 Å². The average molecular weight is 396 g/mol. The zero-order chi connectivity index (χ0) is 19.7.